The van der Waals surface area contributed by atoms with Gasteiger partial charge in [-0.2, -0.15) is 0 Å². The molecule has 1 N–H and O–H groups in total. The van der Waals surface area contributed by atoms with Crippen molar-refractivity contribution in [1.82, 2.24) is 5.32 Å². The van der Waals surface area contributed by atoms with Gasteiger partial charge < -0.3 is 10.1 Å². The first kappa shape index (κ1) is 18.2. The van der Waals surface area contributed by atoms with Crippen LogP contribution in [0.1, 0.15) is 25.6 Å². The summed E-state index contributed by atoms with van der Waals surface area (Å²) in [6.45, 7) is -0.176. The molecule has 126 valence electrons. The molecule has 10 heteroatoms. The highest BCUT2D eigenvalue weighted by Gasteiger charge is 2.22. The number of benzene rings is 1. The molecule has 0 saturated heterocycles. The fraction of sp³-hybridized carbons (Fsp3) is 0.143. The van der Waals surface area contributed by atoms with Crippen LogP contribution in [-0.4, -0.2) is 23.9 Å². The summed E-state index contributed by atoms with van der Waals surface area (Å²) in [4.78, 5) is 34.4. The average Bonchev–Trinajstić information content (AvgIpc) is 2.98. The van der Waals surface area contributed by atoms with Gasteiger partial charge in [-0.15, -0.1) is 11.3 Å². The summed E-state index contributed by atoms with van der Waals surface area (Å²) in [7, 11) is 1.16. The Morgan fingerprint density at radius 3 is 2.58 bits per heavy atom. The Morgan fingerprint density at radius 2 is 2.04 bits per heavy atom. The van der Waals surface area contributed by atoms with Crippen molar-refractivity contribution in [1.29, 1.82) is 0 Å². The molecule has 2 aromatic rings. The van der Waals surface area contributed by atoms with E-state index in [0.29, 0.717) is 9.21 Å². The van der Waals surface area contributed by atoms with E-state index in [9.17, 15) is 19.7 Å². The lowest BCUT2D eigenvalue weighted by atomic mass is 10.1. The van der Waals surface area contributed by atoms with Gasteiger partial charge in [-0.3, -0.25) is 14.9 Å². The van der Waals surface area contributed by atoms with Crippen molar-refractivity contribution in [2.75, 3.05) is 7.11 Å². The van der Waals surface area contributed by atoms with Crippen LogP contribution in [0.5, 0.6) is 0 Å². The Labute approximate surface area is 150 Å². The number of carbonyl (C=O) groups is 2. The maximum atomic E-state index is 12.0. The third kappa shape index (κ3) is 4.02. The maximum Gasteiger partial charge on any atom is 0.338 e. The zero-order valence-corrected chi connectivity index (χ0v) is 14.5. The van der Waals surface area contributed by atoms with Crippen molar-refractivity contribution in [2.45, 2.75) is 6.54 Å². The van der Waals surface area contributed by atoms with E-state index in [1.54, 1.807) is 12.1 Å². The van der Waals surface area contributed by atoms with Crippen molar-refractivity contribution in [3.8, 4) is 0 Å². The molecule has 2 rings (SSSR count). The van der Waals surface area contributed by atoms with E-state index in [-0.39, 0.29) is 28.4 Å². The van der Waals surface area contributed by atoms with Gasteiger partial charge in [-0.1, -0.05) is 23.2 Å². The lowest BCUT2D eigenvalue weighted by Gasteiger charge is -2.09. The summed E-state index contributed by atoms with van der Waals surface area (Å²) in [6.07, 6.45) is 0. The smallest absolute Gasteiger partial charge is 0.338 e. The Hall–Kier alpha value is -2.16. The summed E-state index contributed by atoms with van der Waals surface area (Å²) in [6, 6.07) is 5.42. The number of nitrogens with one attached hydrogen (secondary N) is 1. The third-order valence-corrected chi connectivity index (χ3v) is 4.58. The second-order valence-electron chi connectivity index (χ2n) is 4.49. The van der Waals surface area contributed by atoms with Crippen LogP contribution >= 0.6 is 34.5 Å². The maximum absolute atomic E-state index is 12.0. The molecule has 0 unspecified atom stereocenters. The predicted molar refractivity (Wildman–Crippen MR) is 89.9 cm³/mol. The predicted octanol–water partition coefficient (Wildman–Crippen LogP) is 3.68. The number of hydrogen-bond donors (Lipinski definition) is 1. The number of nitrogens with zero attached hydrogens (tertiary/aromatic N) is 1. The molecule has 0 spiro atoms. The molecule has 0 bridgehead atoms. The largest absolute Gasteiger partial charge is 0.465 e. The topological polar surface area (TPSA) is 98.5 Å². The number of nitro groups is 1. The highest BCUT2D eigenvalue weighted by atomic mass is 35.5. The number of methoxy groups -OCH3 is 1. The zero-order valence-electron chi connectivity index (χ0n) is 12.2. The number of thiophene rings is 1. The normalized spacial score (nSPS) is 10.3. The monoisotopic (exact) mass is 388 g/mol. The van der Waals surface area contributed by atoms with Gasteiger partial charge in [0.25, 0.3) is 11.6 Å². The molecule has 24 heavy (non-hydrogen) atoms. The van der Waals surface area contributed by atoms with E-state index < -0.39 is 16.8 Å². The van der Waals surface area contributed by atoms with Gasteiger partial charge in [-0.05, 0) is 18.2 Å². The fourth-order valence-corrected chi connectivity index (χ4v) is 3.13. The molecule has 0 saturated carbocycles. The molecule has 0 fully saturated rings. The van der Waals surface area contributed by atoms with Crippen LogP contribution in [0.3, 0.4) is 0 Å². The first-order valence-electron chi connectivity index (χ1n) is 6.42. The van der Waals surface area contributed by atoms with Crippen LogP contribution in [-0.2, 0) is 11.3 Å². The SMILES string of the molecule is COC(=O)c1cc(Cl)c(CNC(=O)c2ccc(Cl)s2)c([N+](=O)[O-])c1. The number of carbonyl (C=O) groups excluding carboxylic acids is 2. The average molecular weight is 389 g/mol. The lowest BCUT2D eigenvalue weighted by Crippen LogP contribution is -2.22. The van der Waals surface area contributed by atoms with E-state index in [2.05, 4.69) is 10.1 Å². The van der Waals surface area contributed by atoms with Crippen molar-refractivity contribution in [3.05, 3.63) is 59.7 Å². The van der Waals surface area contributed by atoms with Gasteiger partial charge in [0.05, 0.1) is 43.9 Å². The number of halogens is 2. The summed E-state index contributed by atoms with van der Waals surface area (Å²) in [5.74, 6) is -1.18. The second-order valence-corrected chi connectivity index (χ2v) is 6.61. The van der Waals surface area contributed by atoms with Crippen LogP contribution in [0, 0.1) is 10.1 Å². The van der Waals surface area contributed by atoms with Gasteiger partial charge in [0.2, 0.25) is 0 Å². The van der Waals surface area contributed by atoms with Crippen molar-refractivity contribution < 1.29 is 19.2 Å². The number of hydrogen-bond acceptors (Lipinski definition) is 6. The van der Waals surface area contributed by atoms with Crippen molar-refractivity contribution in [2.24, 2.45) is 0 Å². The summed E-state index contributed by atoms with van der Waals surface area (Å²) >= 11 is 12.9. The van der Waals surface area contributed by atoms with Gasteiger partial charge >= 0.3 is 5.97 Å². The number of amides is 1. The summed E-state index contributed by atoms with van der Waals surface area (Å²) in [5, 5.41) is 13.7. The van der Waals surface area contributed by atoms with E-state index in [1.807, 2.05) is 0 Å². The molecule has 0 aliphatic carbocycles. The molecular formula is C14H10Cl2N2O5S. The molecule has 1 heterocycles. The first-order valence-corrected chi connectivity index (χ1v) is 7.99. The van der Waals surface area contributed by atoms with Crippen molar-refractivity contribution >= 4 is 52.1 Å². The van der Waals surface area contributed by atoms with Crippen LogP contribution in [0.4, 0.5) is 5.69 Å². The first-order chi connectivity index (χ1) is 11.3. The quantitative estimate of drug-likeness (QED) is 0.478. The Morgan fingerprint density at radius 1 is 1.33 bits per heavy atom. The Kier molecular flexibility index (Phi) is 5.76. The zero-order chi connectivity index (χ0) is 17.9. The van der Waals surface area contributed by atoms with Crippen molar-refractivity contribution in [3.63, 3.8) is 0 Å². The van der Waals surface area contributed by atoms with E-state index in [4.69, 9.17) is 23.2 Å². The summed E-state index contributed by atoms with van der Waals surface area (Å²) in [5.41, 5.74) is -0.341. The summed E-state index contributed by atoms with van der Waals surface area (Å²) < 4.78 is 4.97. The minimum Gasteiger partial charge on any atom is -0.465 e. The number of esters is 1. The molecule has 1 amide bonds. The van der Waals surface area contributed by atoms with E-state index in [0.717, 1.165) is 24.5 Å². The van der Waals surface area contributed by atoms with E-state index in [1.165, 1.54) is 6.07 Å². The minimum atomic E-state index is -0.746. The minimum absolute atomic E-state index is 0.0193. The highest BCUT2D eigenvalue weighted by Crippen LogP contribution is 2.29. The molecule has 0 radical (unpaired) electrons. The van der Waals surface area contributed by atoms with Crippen LogP contribution in [0.15, 0.2) is 24.3 Å². The van der Waals surface area contributed by atoms with Crippen LogP contribution in [0.25, 0.3) is 0 Å². The van der Waals surface area contributed by atoms with E-state index >= 15 is 0 Å². The number of rotatable bonds is 5. The fourth-order valence-electron chi connectivity index (χ4n) is 1.89. The molecule has 1 aromatic carbocycles. The molecule has 0 atom stereocenters. The van der Waals surface area contributed by atoms with Gasteiger partial charge in [0.1, 0.15) is 0 Å². The molecule has 0 aliphatic rings. The molecule has 0 aliphatic heterocycles. The molecule has 1 aromatic heterocycles. The Balaban J connectivity index is 2.27. The second kappa shape index (κ2) is 7.61. The Bertz CT molecular complexity index is 821. The van der Waals surface area contributed by atoms with Gasteiger partial charge in [0.15, 0.2) is 0 Å². The standard InChI is InChI=1S/C14H10Cl2N2O5S/c1-23-14(20)7-4-9(15)8(10(5-7)18(21)22)6-17-13(19)11-2-3-12(16)24-11/h2-5H,6H2,1H3,(H,17,19). The molecule has 7 nitrogen and oxygen atoms in total. The number of ether oxygens (including phenoxy) is 1. The number of nitro benzene ring substituents is 1. The lowest BCUT2D eigenvalue weighted by molar-refractivity contribution is -0.385. The molecular weight excluding hydrogens is 379 g/mol. The van der Waals surface area contributed by atoms with Crippen LogP contribution < -0.4 is 5.32 Å². The van der Waals surface area contributed by atoms with Crippen LogP contribution in [0.2, 0.25) is 9.36 Å². The van der Waals surface area contributed by atoms with Gasteiger partial charge in [-0.25, -0.2) is 4.79 Å². The highest BCUT2D eigenvalue weighted by molar-refractivity contribution is 7.17. The third-order valence-electron chi connectivity index (χ3n) is 3.01. The van der Waals surface area contributed by atoms with Gasteiger partial charge in [0, 0.05) is 6.07 Å².